The lowest BCUT2D eigenvalue weighted by molar-refractivity contribution is -0.274. The summed E-state index contributed by atoms with van der Waals surface area (Å²) in [5.74, 6) is -1.99. The minimum Gasteiger partial charge on any atom is -0.490 e. The summed E-state index contributed by atoms with van der Waals surface area (Å²) in [4.78, 5) is 0. The predicted octanol–water partition coefficient (Wildman–Crippen LogP) is 6.35. The number of ether oxygens (including phenoxy) is 3. The molecule has 1 aliphatic heterocycles. The molecule has 0 aromatic heterocycles. The number of halogens is 6. The molecule has 2 aromatic carbocycles. The van der Waals surface area contributed by atoms with Crippen LogP contribution in [0.15, 0.2) is 36.4 Å². The van der Waals surface area contributed by atoms with Crippen LogP contribution in [0, 0.1) is 5.82 Å². The second-order valence-corrected chi connectivity index (χ2v) is 6.65. The lowest BCUT2D eigenvalue weighted by atomic mass is 9.97. The van der Waals surface area contributed by atoms with E-state index < -0.39 is 35.4 Å². The summed E-state index contributed by atoms with van der Waals surface area (Å²) in [7, 11) is 0. The summed E-state index contributed by atoms with van der Waals surface area (Å²) in [5.41, 5.74) is -0.518. The van der Waals surface area contributed by atoms with Crippen LogP contribution in [0.25, 0.3) is 0 Å². The van der Waals surface area contributed by atoms with Crippen LogP contribution in [-0.4, -0.2) is 12.5 Å². The van der Waals surface area contributed by atoms with Gasteiger partial charge in [0.1, 0.15) is 28.6 Å². The van der Waals surface area contributed by atoms with Gasteiger partial charge in [0.25, 0.3) is 0 Å². The zero-order valence-corrected chi connectivity index (χ0v) is 15.4. The van der Waals surface area contributed by atoms with Crippen molar-refractivity contribution in [2.75, 3.05) is 0 Å². The molecule has 29 heavy (non-hydrogen) atoms. The molecular weight excluding hydrogens is 402 g/mol. The van der Waals surface area contributed by atoms with E-state index >= 15 is 0 Å². The molecule has 0 bridgehead atoms. The van der Waals surface area contributed by atoms with Gasteiger partial charge < -0.3 is 14.2 Å². The highest BCUT2D eigenvalue weighted by molar-refractivity contribution is 5.41. The molecule has 3 nitrogen and oxygen atoms in total. The van der Waals surface area contributed by atoms with Crippen LogP contribution >= 0.6 is 0 Å². The van der Waals surface area contributed by atoms with E-state index in [0.717, 1.165) is 49.2 Å². The maximum Gasteiger partial charge on any atom is 0.573 e. The van der Waals surface area contributed by atoms with E-state index in [1.807, 2.05) is 6.92 Å². The van der Waals surface area contributed by atoms with Gasteiger partial charge in [-0.15, -0.1) is 13.2 Å². The fourth-order valence-electron chi connectivity index (χ4n) is 3.12. The smallest absolute Gasteiger partial charge is 0.490 e. The number of aryl methyl sites for hydroxylation is 1. The first-order chi connectivity index (χ1) is 13.6. The van der Waals surface area contributed by atoms with Crippen molar-refractivity contribution in [3.05, 3.63) is 53.3 Å². The molecular formula is C20H18F6O3. The van der Waals surface area contributed by atoms with Crippen molar-refractivity contribution in [1.29, 1.82) is 0 Å². The molecule has 2 aromatic rings. The normalized spacial score (nSPS) is 16.7. The molecule has 3 rings (SSSR count). The fourth-order valence-corrected chi connectivity index (χ4v) is 3.12. The van der Waals surface area contributed by atoms with E-state index in [2.05, 4.69) is 9.47 Å². The first-order valence-corrected chi connectivity index (χ1v) is 8.99. The van der Waals surface area contributed by atoms with Crippen LogP contribution < -0.4 is 14.2 Å². The molecule has 0 N–H and O–H groups in total. The molecule has 158 valence electrons. The fraction of sp³-hybridized carbons (Fsp3) is 0.400. The highest BCUT2D eigenvalue weighted by atomic mass is 19.4. The van der Waals surface area contributed by atoms with Crippen LogP contribution in [0.3, 0.4) is 0 Å². The largest absolute Gasteiger partial charge is 0.573 e. The molecule has 1 unspecified atom stereocenters. The Bertz CT molecular complexity index is 849. The molecule has 1 aliphatic rings. The Morgan fingerprint density at radius 3 is 2.21 bits per heavy atom. The Morgan fingerprint density at radius 2 is 1.62 bits per heavy atom. The van der Waals surface area contributed by atoms with Gasteiger partial charge in [-0.2, -0.15) is 8.78 Å². The first kappa shape index (κ1) is 21.1. The van der Waals surface area contributed by atoms with E-state index in [0.29, 0.717) is 18.4 Å². The van der Waals surface area contributed by atoms with Crippen molar-refractivity contribution in [3.8, 4) is 17.2 Å². The lowest BCUT2D eigenvalue weighted by Gasteiger charge is -2.27. The molecule has 1 heterocycles. The third kappa shape index (κ3) is 5.27. The van der Waals surface area contributed by atoms with E-state index in [1.165, 1.54) is 0 Å². The summed E-state index contributed by atoms with van der Waals surface area (Å²) in [6.45, 7) is 1.99. The second-order valence-electron chi connectivity index (χ2n) is 6.65. The number of alkyl halides is 5. The van der Waals surface area contributed by atoms with E-state index in [9.17, 15) is 26.3 Å². The maximum absolute atomic E-state index is 14.5. The van der Waals surface area contributed by atoms with Crippen molar-refractivity contribution in [2.45, 2.75) is 51.2 Å². The molecule has 0 amide bonds. The number of benzene rings is 2. The minimum absolute atomic E-state index is 0.0769. The zero-order valence-electron chi connectivity index (χ0n) is 15.4. The van der Waals surface area contributed by atoms with Crippen molar-refractivity contribution >= 4 is 0 Å². The average molecular weight is 420 g/mol. The summed E-state index contributed by atoms with van der Waals surface area (Å²) in [5, 5.41) is 0. The number of hydrogen-bond acceptors (Lipinski definition) is 3. The van der Waals surface area contributed by atoms with Crippen LogP contribution in [0.2, 0.25) is 0 Å². The first-order valence-electron chi connectivity index (χ1n) is 8.99. The minimum atomic E-state index is -4.91. The van der Waals surface area contributed by atoms with Gasteiger partial charge in [-0.3, -0.25) is 0 Å². The van der Waals surface area contributed by atoms with Crippen molar-refractivity contribution in [2.24, 2.45) is 0 Å². The average Bonchev–Trinajstić information content (AvgIpc) is 2.61. The Hall–Kier alpha value is -2.58. The van der Waals surface area contributed by atoms with Crippen LogP contribution in [-0.2, 0) is 12.5 Å². The Labute approximate surface area is 163 Å². The third-order valence-corrected chi connectivity index (χ3v) is 4.41. The van der Waals surface area contributed by atoms with Crippen LogP contribution in [0.4, 0.5) is 26.3 Å². The summed E-state index contributed by atoms with van der Waals surface area (Å²) >= 11 is 0. The summed E-state index contributed by atoms with van der Waals surface area (Å²) in [6, 6.07) is 5.33. The molecule has 1 atom stereocenters. The van der Waals surface area contributed by atoms with Gasteiger partial charge in [0.05, 0.1) is 6.10 Å². The molecule has 0 radical (unpaired) electrons. The van der Waals surface area contributed by atoms with Crippen LogP contribution in [0.5, 0.6) is 17.2 Å². The Kier molecular flexibility index (Phi) is 5.86. The van der Waals surface area contributed by atoms with Crippen molar-refractivity contribution in [3.63, 3.8) is 0 Å². The highest BCUT2D eigenvalue weighted by Gasteiger charge is 2.39. The van der Waals surface area contributed by atoms with Gasteiger partial charge in [0, 0.05) is 6.07 Å². The quantitative estimate of drug-likeness (QED) is 0.510. The molecule has 0 fully saturated rings. The number of fused-ring (bicyclic) bond motifs is 1. The number of hydrogen-bond donors (Lipinski definition) is 0. The summed E-state index contributed by atoms with van der Waals surface area (Å²) in [6.07, 6.45) is -6.24. The molecule has 0 aliphatic carbocycles. The topological polar surface area (TPSA) is 27.7 Å². The van der Waals surface area contributed by atoms with Gasteiger partial charge in [-0.1, -0.05) is 13.3 Å². The molecule has 0 spiro atoms. The third-order valence-electron chi connectivity index (χ3n) is 4.41. The van der Waals surface area contributed by atoms with E-state index in [1.54, 1.807) is 0 Å². The number of rotatable bonds is 6. The van der Waals surface area contributed by atoms with E-state index in [-0.39, 0.29) is 11.9 Å². The van der Waals surface area contributed by atoms with Crippen molar-refractivity contribution in [1.82, 2.24) is 0 Å². The predicted molar refractivity (Wildman–Crippen MR) is 91.7 cm³/mol. The zero-order chi connectivity index (χ0) is 21.2. The standard InChI is InChI=1S/C20H18F6O3/c1-2-3-13-5-4-12-10-16(17(21)11-18(12)27-13)19(22,23)28-14-6-8-15(9-7-14)29-20(24,25)26/h6-11,13H,2-5H2,1H3. The molecule has 0 saturated carbocycles. The van der Waals surface area contributed by atoms with Gasteiger partial charge in [-0.25, -0.2) is 4.39 Å². The second kappa shape index (κ2) is 8.04. The lowest BCUT2D eigenvalue weighted by Crippen LogP contribution is -2.26. The summed E-state index contributed by atoms with van der Waals surface area (Å²) < 4.78 is 93.8. The van der Waals surface area contributed by atoms with E-state index in [4.69, 9.17) is 4.74 Å². The Balaban J connectivity index is 1.77. The monoisotopic (exact) mass is 420 g/mol. The Morgan fingerprint density at radius 1 is 1.00 bits per heavy atom. The molecule has 9 heteroatoms. The SMILES string of the molecule is CCCC1CCc2cc(C(F)(F)Oc3ccc(OC(F)(F)F)cc3)c(F)cc2O1. The van der Waals surface area contributed by atoms with Crippen molar-refractivity contribution < 1.29 is 40.6 Å². The maximum atomic E-state index is 14.5. The van der Waals surface area contributed by atoms with Crippen LogP contribution in [0.1, 0.15) is 37.3 Å². The molecule has 0 saturated heterocycles. The van der Waals surface area contributed by atoms with Gasteiger partial charge in [-0.05, 0) is 55.2 Å². The van der Waals surface area contributed by atoms with Gasteiger partial charge in [0.2, 0.25) is 0 Å². The van der Waals surface area contributed by atoms with Gasteiger partial charge in [0.15, 0.2) is 0 Å². The highest BCUT2D eigenvalue weighted by Crippen LogP contribution is 2.39. The van der Waals surface area contributed by atoms with Gasteiger partial charge >= 0.3 is 12.5 Å².